The number of nitrogens with two attached hydrogens (primary N) is 1. The normalized spacial score (nSPS) is 13.0. The number of rotatable bonds is 7. The third kappa shape index (κ3) is 3.97. The van der Waals surface area contributed by atoms with E-state index in [9.17, 15) is 0 Å². The molecule has 0 saturated heterocycles. The van der Waals surface area contributed by atoms with Gasteiger partial charge in [-0.15, -0.1) is 10.2 Å². The lowest BCUT2D eigenvalue weighted by atomic mass is 10.1. The number of nitrogens with zero attached hydrogens (tertiary/aromatic N) is 3. The largest absolute Gasteiger partial charge is 0.383 e. The highest BCUT2D eigenvalue weighted by Gasteiger charge is 2.08. The van der Waals surface area contributed by atoms with Crippen LogP contribution >= 0.6 is 0 Å². The van der Waals surface area contributed by atoms with E-state index < -0.39 is 0 Å². The van der Waals surface area contributed by atoms with E-state index in [1.807, 2.05) is 4.57 Å². The number of hydrogen-bond donors (Lipinski definition) is 1. The zero-order valence-electron chi connectivity index (χ0n) is 9.52. The van der Waals surface area contributed by atoms with E-state index in [1.54, 1.807) is 13.4 Å². The van der Waals surface area contributed by atoms with Crippen molar-refractivity contribution < 1.29 is 4.74 Å². The Balaban J connectivity index is 2.48. The average molecular weight is 212 g/mol. The molecule has 1 aromatic heterocycles. The molecule has 0 aliphatic rings. The molecule has 2 N–H and O–H groups in total. The minimum Gasteiger partial charge on any atom is -0.383 e. The van der Waals surface area contributed by atoms with Crippen LogP contribution in [0.25, 0.3) is 0 Å². The monoisotopic (exact) mass is 212 g/mol. The van der Waals surface area contributed by atoms with E-state index in [2.05, 4.69) is 17.1 Å². The van der Waals surface area contributed by atoms with Gasteiger partial charge in [-0.05, 0) is 6.42 Å². The number of hydrogen-bond acceptors (Lipinski definition) is 4. The first kappa shape index (κ1) is 12.1. The van der Waals surface area contributed by atoms with Gasteiger partial charge in [-0.3, -0.25) is 0 Å². The van der Waals surface area contributed by atoms with E-state index in [1.165, 1.54) is 0 Å². The molecule has 0 bridgehead atoms. The van der Waals surface area contributed by atoms with Crippen molar-refractivity contribution in [3.63, 3.8) is 0 Å². The lowest BCUT2D eigenvalue weighted by Crippen LogP contribution is -2.24. The lowest BCUT2D eigenvalue weighted by Gasteiger charge is -2.10. The first-order valence-electron chi connectivity index (χ1n) is 5.39. The van der Waals surface area contributed by atoms with Crippen LogP contribution < -0.4 is 5.73 Å². The van der Waals surface area contributed by atoms with Gasteiger partial charge >= 0.3 is 0 Å². The molecule has 86 valence electrons. The third-order valence-electron chi connectivity index (χ3n) is 2.34. The Hall–Kier alpha value is -0.940. The maximum atomic E-state index is 5.96. The van der Waals surface area contributed by atoms with Crippen LogP contribution in [0, 0.1) is 0 Å². The van der Waals surface area contributed by atoms with Gasteiger partial charge in [0, 0.05) is 26.1 Å². The van der Waals surface area contributed by atoms with Crippen molar-refractivity contribution in [3.8, 4) is 0 Å². The molecule has 0 radical (unpaired) electrons. The second-order valence-corrected chi connectivity index (χ2v) is 3.69. The van der Waals surface area contributed by atoms with Crippen molar-refractivity contribution in [2.75, 3.05) is 13.7 Å². The summed E-state index contributed by atoms with van der Waals surface area (Å²) in [7, 11) is 1.69. The van der Waals surface area contributed by atoms with Gasteiger partial charge in [0.2, 0.25) is 0 Å². The summed E-state index contributed by atoms with van der Waals surface area (Å²) in [5.74, 6) is 0.952. The highest BCUT2D eigenvalue weighted by atomic mass is 16.5. The second kappa shape index (κ2) is 6.53. The Bertz CT molecular complexity index is 274. The van der Waals surface area contributed by atoms with Crippen molar-refractivity contribution >= 4 is 0 Å². The standard InChI is InChI=1S/C10H20N4O/c1-3-4-9(11)7-10-13-12-8-14(10)5-6-15-2/h8-9H,3-7,11H2,1-2H3. The number of aromatic nitrogens is 3. The summed E-state index contributed by atoms with van der Waals surface area (Å²) in [6.45, 7) is 3.60. The fraction of sp³-hybridized carbons (Fsp3) is 0.800. The van der Waals surface area contributed by atoms with Crippen molar-refractivity contribution in [2.24, 2.45) is 5.73 Å². The Morgan fingerprint density at radius 2 is 2.40 bits per heavy atom. The molecule has 0 fully saturated rings. The van der Waals surface area contributed by atoms with E-state index >= 15 is 0 Å². The first-order valence-corrected chi connectivity index (χ1v) is 5.39. The Labute approximate surface area is 90.6 Å². The van der Waals surface area contributed by atoms with Crippen LogP contribution in [-0.2, 0) is 17.7 Å². The summed E-state index contributed by atoms with van der Waals surface area (Å²) in [4.78, 5) is 0. The SMILES string of the molecule is CCCC(N)Cc1nncn1CCOC. The van der Waals surface area contributed by atoms with Crippen LogP contribution in [0.3, 0.4) is 0 Å². The predicted molar refractivity (Wildman–Crippen MR) is 58.5 cm³/mol. The lowest BCUT2D eigenvalue weighted by molar-refractivity contribution is 0.186. The number of methoxy groups -OCH3 is 1. The van der Waals surface area contributed by atoms with Gasteiger partial charge in [-0.1, -0.05) is 13.3 Å². The molecular formula is C10H20N4O. The second-order valence-electron chi connectivity index (χ2n) is 3.69. The molecular weight excluding hydrogens is 192 g/mol. The quantitative estimate of drug-likeness (QED) is 0.718. The summed E-state index contributed by atoms with van der Waals surface area (Å²) >= 11 is 0. The molecule has 1 aromatic rings. The van der Waals surface area contributed by atoms with Crippen LogP contribution in [0.5, 0.6) is 0 Å². The maximum absolute atomic E-state index is 5.96. The van der Waals surface area contributed by atoms with Crippen molar-refractivity contribution in [2.45, 2.75) is 38.8 Å². The molecule has 0 spiro atoms. The third-order valence-corrected chi connectivity index (χ3v) is 2.34. The highest BCUT2D eigenvalue weighted by Crippen LogP contribution is 2.03. The molecule has 1 heterocycles. The molecule has 1 atom stereocenters. The fourth-order valence-electron chi connectivity index (χ4n) is 1.52. The summed E-state index contributed by atoms with van der Waals surface area (Å²) in [5, 5.41) is 7.96. The zero-order valence-corrected chi connectivity index (χ0v) is 9.52. The molecule has 5 heteroatoms. The summed E-state index contributed by atoms with van der Waals surface area (Å²) in [5.41, 5.74) is 5.96. The predicted octanol–water partition coefficient (Wildman–Crippen LogP) is 0.594. The smallest absolute Gasteiger partial charge is 0.134 e. The van der Waals surface area contributed by atoms with Crippen LogP contribution in [-0.4, -0.2) is 34.5 Å². The zero-order chi connectivity index (χ0) is 11.1. The Kier molecular flexibility index (Phi) is 5.28. The minimum atomic E-state index is 0.181. The van der Waals surface area contributed by atoms with Gasteiger partial charge < -0.3 is 15.0 Å². The van der Waals surface area contributed by atoms with Gasteiger partial charge in [0.1, 0.15) is 12.2 Å². The van der Waals surface area contributed by atoms with E-state index in [4.69, 9.17) is 10.5 Å². The first-order chi connectivity index (χ1) is 7.27. The van der Waals surface area contributed by atoms with Crippen LogP contribution in [0.1, 0.15) is 25.6 Å². The number of ether oxygens (including phenoxy) is 1. The van der Waals surface area contributed by atoms with Gasteiger partial charge in [0.15, 0.2) is 0 Å². The highest BCUT2D eigenvalue weighted by molar-refractivity contribution is 4.89. The minimum absolute atomic E-state index is 0.181. The van der Waals surface area contributed by atoms with Crippen LogP contribution in [0.4, 0.5) is 0 Å². The molecule has 0 saturated carbocycles. The Morgan fingerprint density at radius 1 is 1.60 bits per heavy atom. The summed E-state index contributed by atoms with van der Waals surface area (Å²) in [6, 6.07) is 0.181. The van der Waals surface area contributed by atoms with E-state index in [0.717, 1.165) is 31.6 Å². The molecule has 0 aliphatic heterocycles. The molecule has 0 amide bonds. The molecule has 5 nitrogen and oxygen atoms in total. The molecule has 1 unspecified atom stereocenters. The van der Waals surface area contributed by atoms with Gasteiger partial charge in [0.05, 0.1) is 6.61 Å². The fourth-order valence-corrected chi connectivity index (χ4v) is 1.52. The van der Waals surface area contributed by atoms with Crippen LogP contribution in [0.2, 0.25) is 0 Å². The maximum Gasteiger partial charge on any atom is 0.134 e. The van der Waals surface area contributed by atoms with E-state index in [-0.39, 0.29) is 6.04 Å². The Morgan fingerprint density at radius 3 is 3.07 bits per heavy atom. The van der Waals surface area contributed by atoms with E-state index in [0.29, 0.717) is 6.61 Å². The van der Waals surface area contributed by atoms with Crippen LogP contribution in [0.15, 0.2) is 6.33 Å². The topological polar surface area (TPSA) is 66.0 Å². The van der Waals surface area contributed by atoms with Gasteiger partial charge in [-0.2, -0.15) is 0 Å². The summed E-state index contributed by atoms with van der Waals surface area (Å²) < 4.78 is 7.01. The molecule has 0 aromatic carbocycles. The van der Waals surface area contributed by atoms with Crippen molar-refractivity contribution in [1.29, 1.82) is 0 Å². The van der Waals surface area contributed by atoms with Crippen molar-refractivity contribution in [1.82, 2.24) is 14.8 Å². The van der Waals surface area contributed by atoms with Gasteiger partial charge in [-0.25, -0.2) is 0 Å². The molecule has 15 heavy (non-hydrogen) atoms. The summed E-state index contributed by atoms with van der Waals surface area (Å²) in [6.07, 6.45) is 4.65. The van der Waals surface area contributed by atoms with Gasteiger partial charge in [0.25, 0.3) is 0 Å². The molecule has 1 rings (SSSR count). The average Bonchev–Trinajstić information content (AvgIpc) is 2.63. The molecule has 0 aliphatic carbocycles. The van der Waals surface area contributed by atoms with Crippen molar-refractivity contribution in [3.05, 3.63) is 12.2 Å².